The van der Waals surface area contributed by atoms with Crippen LogP contribution in [-0.2, 0) is 0 Å². The van der Waals surface area contributed by atoms with E-state index in [0.29, 0.717) is 17.7 Å². The van der Waals surface area contributed by atoms with Crippen molar-refractivity contribution in [2.45, 2.75) is 25.8 Å². The summed E-state index contributed by atoms with van der Waals surface area (Å²) >= 11 is 0. The summed E-state index contributed by atoms with van der Waals surface area (Å²) in [4.78, 5) is 10.3. The molecule has 0 spiro atoms. The quantitative estimate of drug-likeness (QED) is 0.760. The van der Waals surface area contributed by atoms with Crippen molar-refractivity contribution in [2.24, 2.45) is 0 Å². The van der Waals surface area contributed by atoms with Crippen LogP contribution in [0.25, 0.3) is 0 Å². The van der Waals surface area contributed by atoms with Crippen LogP contribution < -0.4 is 15.8 Å². The smallest absolute Gasteiger partial charge is 0.225 e. The van der Waals surface area contributed by atoms with Crippen LogP contribution in [0.4, 0.5) is 11.8 Å². The van der Waals surface area contributed by atoms with Gasteiger partial charge in [-0.25, -0.2) is 0 Å². The van der Waals surface area contributed by atoms with E-state index in [1.54, 1.807) is 13.2 Å². The van der Waals surface area contributed by atoms with Gasteiger partial charge >= 0.3 is 0 Å². The predicted octanol–water partition coefficient (Wildman–Crippen LogP) is 1.21. The van der Waals surface area contributed by atoms with Crippen molar-refractivity contribution in [2.75, 3.05) is 38.8 Å². The Bertz CT molecular complexity index is 369. The lowest BCUT2D eigenvalue weighted by atomic mass is 10.1. The molecule has 1 unspecified atom stereocenters. The highest BCUT2D eigenvalue weighted by atomic mass is 16.5. The van der Waals surface area contributed by atoms with E-state index in [9.17, 15) is 0 Å². The molecule has 0 aliphatic carbocycles. The first-order chi connectivity index (χ1) is 8.56. The minimum atomic E-state index is 0.216. The number of ether oxygens (including phenoxy) is 1. The zero-order chi connectivity index (χ0) is 13.5. The number of aromatic nitrogens is 2. The normalized spacial score (nSPS) is 12.5. The minimum absolute atomic E-state index is 0.216. The Morgan fingerprint density at radius 2 is 2.17 bits per heavy atom. The summed E-state index contributed by atoms with van der Waals surface area (Å²) in [5.41, 5.74) is 5.61. The van der Waals surface area contributed by atoms with E-state index < -0.39 is 0 Å². The molecule has 6 nitrogen and oxygen atoms in total. The number of nitrogens with one attached hydrogen (secondary N) is 1. The first kappa shape index (κ1) is 14.5. The van der Waals surface area contributed by atoms with Gasteiger partial charge in [0.1, 0.15) is 5.82 Å². The molecule has 0 aliphatic heterocycles. The molecule has 1 aromatic rings. The topological polar surface area (TPSA) is 76.3 Å². The maximum absolute atomic E-state index is 5.61. The van der Waals surface area contributed by atoms with E-state index in [1.807, 2.05) is 0 Å². The zero-order valence-corrected chi connectivity index (χ0v) is 11.6. The Hall–Kier alpha value is -1.56. The van der Waals surface area contributed by atoms with E-state index in [-0.39, 0.29) is 5.95 Å². The van der Waals surface area contributed by atoms with Gasteiger partial charge in [0, 0.05) is 18.7 Å². The van der Waals surface area contributed by atoms with E-state index >= 15 is 0 Å². The molecule has 0 saturated carbocycles. The summed E-state index contributed by atoms with van der Waals surface area (Å²) in [5, 5.41) is 3.27. The Morgan fingerprint density at radius 3 is 2.72 bits per heavy atom. The third kappa shape index (κ3) is 4.37. The number of rotatable bonds is 7. The minimum Gasteiger partial charge on any atom is -0.481 e. The maximum Gasteiger partial charge on any atom is 0.225 e. The fourth-order valence-electron chi connectivity index (χ4n) is 1.74. The van der Waals surface area contributed by atoms with E-state index in [2.05, 4.69) is 41.2 Å². The standard InChI is InChI=1S/C12H23N5O/c1-5-6-9(17(2)3)8-14-10-7-11(18-4)16-12(13)15-10/h7,9H,5-6,8H2,1-4H3,(H3,13,14,15,16). The van der Waals surface area contributed by atoms with Crippen LogP contribution in [0, 0.1) is 0 Å². The SMILES string of the molecule is CCCC(CNc1cc(OC)nc(N)n1)N(C)C. The highest BCUT2D eigenvalue weighted by Crippen LogP contribution is 2.14. The van der Waals surface area contributed by atoms with Gasteiger partial charge in [-0.3, -0.25) is 0 Å². The van der Waals surface area contributed by atoms with Crippen LogP contribution in [0.15, 0.2) is 6.07 Å². The number of likely N-dealkylation sites (N-methyl/N-ethyl adjacent to an activating group) is 1. The number of nitrogen functional groups attached to an aromatic ring is 1. The monoisotopic (exact) mass is 253 g/mol. The molecular formula is C12H23N5O. The first-order valence-corrected chi connectivity index (χ1v) is 6.15. The van der Waals surface area contributed by atoms with Crippen molar-refractivity contribution in [1.82, 2.24) is 14.9 Å². The fraction of sp³-hybridized carbons (Fsp3) is 0.667. The summed E-state index contributed by atoms with van der Waals surface area (Å²) in [7, 11) is 5.72. The molecule has 18 heavy (non-hydrogen) atoms. The zero-order valence-electron chi connectivity index (χ0n) is 11.6. The van der Waals surface area contributed by atoms with E-state index in [0.717, 1.165) is 19.4 Å². The van der Waals surface area contributed by atoms with Gasteiger partial charge in [-0.2, -0.15) is 9.97 Å². The third-order valence-electron chi connectivity index (χ3n) is 2.80. The molecule has 0 bridgehead atoms. The van der Waals surface area contributed by atoms with Crippen molar-refractivity contribution < 1.29 is 4.74 Å². The summed E-state index contributed by atoms with van der Waals surface area (Å²) in [6.07, 6.45) is 2.29. The molecule has 0 saturated heterocycles. The molecular weight excluding hydrogens is 230 g/mol. The van der Waals surface area contributed by atoms with E-state index in [1.165, 1.54) is 0 Å². The van der Waals surface area contributed by atoms with Gasteiger partial charge in [0.25, 0.3) is 0 Å². The fourth-order valence-corrected chi connectivity index (χ4v) is 1.74. The van der Waals surface area contributed by atoms with Crippen molar-refractivity contribution in [3.05, 3.63) is 6.07 Å². The van der Waals surface area contributed by atoms with Gasteiger partial charge in [-0.1, -0.05) is 13.3 Å². The third-order valence-corrected chi connectivity index (χ3v) is 2.80. The number of methoxy groups -OCH3 is 1. The summed E-state index contributed by atoms with van der Waals surface area (Å²) in [6.45, 7) is 3.00. The maximum atomic E-state index is 5.61. The lowest BCUT2D eigenvalue weighted by molar-refractivity contribution is 0.288. The average molecular weight is 253 g/mol. The molecule has 0 radical (unpaired) electrons. The number of nitrogens with zero attached hydrogens (tertiary/aromatic N) is 3. The van der Waals surface area contributed by atoms with Gasteiger partial charge in [0.2, 0.25) is 11.8 Å². The molecule has 1 rings (SSSR count). The molecule has 1 atom stereocenters. The Kier molecular flexibility index (Phi) is 5.64. The molecule has 0 amide bonds. The number of hydrogen-bond acceptors (Lipinski definition) is 6. The van der Waals surface area contributed by atoms with E-state index in [4.69, 9.17) is 10.5 Å². The van der Waals surface area contributed by atoms with Gasteiger partial charge in [0.15, 0.2) is 0 Å². The molecule has 0 aromatic carbocycles. The predicted molar refractivity (Wildman–Crippen MR) is 73.9 cm³/mol. The number of nitrogens with two attached hydrogens (primary N) is 1. The Labute approximate surface area is 109 Å². The van der Waals surface area contributed by atoms with Crippen LogP contribution >= 0.6 is 0 Å². The van der Waals surface area contributed by atoms with Crippen LogP contribution in [0.5, 0.6) is 5.88 Å². The van der Waals surface area contributed by atoms with Gasteiger partial charge in [-0.15, -0.1) is 0 Å². The number of hydrogen-bond donors (Lipinski definition) is 2. The van der Waals surface area contributed by atoms with Gasteiger partial charge in [0.05, 0.1) is 7.11 Å². The first-order valence-electron chi connectivity index (χ1n) is 6.15. The summed E-state index contributed by atoms with van der Waals surface area (Å²) < 4.78 is 5.06. The van der Waals surface area contributed by atoms with Crippen LogP contribution in [-0.4, -0.2) is 48.7 Å². The van der Waals surface area contributed by atoms with Crippen LogP contribution in [0.2, 0.25) is 0 Å². The lowest BCUT2D eigenvalue weighted by Crippen LogP contribution is -2.34. The highest BCUT2D eigenvalue weighted by molar-refractivity contribution is 5.42. The average Bonchev–Trinajstić information content (AvgIpc) is 2.33. The summed E-state index contributed by atoms with van der Waals surface area (Å²) in [5.74, 6) is 1.39. The second-order valence-corrected chi connectivity index (χ2v) is 4.44. The molecule has 3 N–H and O–H groups in total. The Balaban J connectivity index is 2.63. The van der Waals surface area contributed by atoms with Crippen molar-refractivity contribution in [3.8, 4) is 5.88 Å². The molecule has 102 valence electrons. The van der Waals surface area contributed by atoms with Crippen LogP contribution in [0.3, 0.4) is 0 Å². The molecule has 1 heterocycles. The van der Waals surface area contributed by atoms with Gasteiger partial charge in [-0.05, 0) is 20.5 Å². The molecule has 0 fully saturated rings. The Morgan fingerprint density at radius 1 is 1.44 bits per heavy atom. The van der Waals surface area contributed by atoms with Crippen molar-refractivity contribution in [3.63, 3.8) is 0 Å². The second-order valence-electron chi connectivity index (χ2n) is 4.44. The van der Waals surface area contributed by atoms with Crippen LogP contribution in [0.1, 0.15) is 19.8 Å². The lowest BCUT2D eigenvalue weighted by Gasteiger charge is -2.24. The molecule has 6 heteroatoms. The van der Waals surface area contributed by atoms with Crippen molar-refractivity contribution in [1.29, 1.82) is 0 Å². The second kappa shape index (κ2) is 7.00. The van der Waals surface area contributed by atoms with Gasteiger partial charge < -0.3 is 20.7 Å². The summed E-state index contributed by atoms with van der Waals surface area (Å²) in [6, 6.07) is 2.21. The van der Waals surface area contributed by atoms with Crippen molar-refractivity contribution >= 4 is 11.8 Å². The molecule has 1 aromatic heterocycles. The number of anilines is 2. The largest absolute Gasteiger partial charge is 0.481 e. The highest BCUT2D eigenvalue weighted by Gasteiger charge is 2.10. The molecule has 0 aliphatic rings.